The molecule has 3 nitrogen and oxygen atoms in total. The standard InChI is InChI=1S/C13H22O3/c1-5-7-8-9-11(12(14)6-2)13(15)16-10(3)4/h9-10H,5-8H2,1-4H3. The van der Waals surface area contributed by atoms with E-state index in [1.807, 2.05) is 0 Å². The van der Waals surface area contributed by atoms with E-state index in [2.05, 4.69) is 6.92 Å². The monoisotopic (exact) mass is 226 g/mol. The maximum Gasteiger partial charge on any atom is 0.341 e. The second-order valence-electron chi connectivity index (χ2n) is 3.99. The zero-order valence-corrected chi connectivity index (χ0v) is 10.7. The van der Waals surface area contributed by atoms with E-state index in [1.165, 1.54) is 0 Å². The summed E-state index contributed by atoms with van der Waals surface area (Å²) in [6.45, 7) is 7.37. The molecule has 0 aliphatic carbocycles. The lowest BCUT2D eigenvalue weighted by molar-refractivity contribution is -0.143. The Morgan fingerprint density at radius 3 is 2.31 bits per heavy atom. The van der Waals surface area contributed by atoms with Gasteiger partial charge in [0.1, 0.15) is 0 Å². The van der Waals surface area contributed by atoms with Crippen molar-refractivity contribution < 1.29 is 14.3 Å². The molecule has 0 saturated heterocycles. The van der Waals surface area contributed by atoms with Gasteiger partial charge in [0.15, 0.2) is 5.78 Å². The highest BCUT2D eigenvalue weighted by atomic mass is 16.5. The van der Waals surface area contributed by atoms with Gasteiger partial charge in [0.2, 0.25) is 0 Å². The first-order valence-electron chi connectivity index (χ1n) is 5.97. The summed E-state index contributed by atoms with van der Waals surface area (Å²) in [5.41, 5.74) is 0.213. The summed E-state index contributed by atoms with van der Waals surface area (Å²) in [5, 5.41) is 0. The first-order chi connectivity index (χ1) is 7.52. The molecule has 0 radical (unpaired) electrons. The third-order valence-electron chi connectivity index (χ3n) is 2.09. The fourth-order valence-electron chi connectivity index (χ4n) is 1.23. The third-order valence-corrected chi connectivity index (χ3v) is 2.09. The summed E-state index contributed by atoms with van der Waals surface area (Å²) in [5.74, 6) is -0.625. The van der Waals surface area contributed by atoms with Crippen molar-refractivity contribution in [3.63, 3.8) is 0 Å². The van der Waals surface area contributed by atoms with Crippen molar-refractivity contribution in [1.29, 1.82) is 0 Å². The fourth-order valence-corrected chi connectivity index (χ4v) is 1.23. The molecule has 0 saturated carbocycles. The number of esters is 1. The lowest BCUT2D eigenvalue weighted by atomic mass is 10.1. The van der Waals surface area contributed by atoms with Crippen LogP contribution >= 0.6 is 0 Å². The Labute approximate surface area is 97.9 Å². The molecule has 0 atom stereocenters. The molecule has 0 spiro atoms. The first kappa shape index (κ1) is 14.9. The van der Waals surface area contributed by atoms with Gasteiger partial charge in [-0.1, -0.05) is 32.8 Å². The minimum atomic E-state index is -0.488. The Bertz CT molecular complexity index is 264. The predicted molar refractivity (Wildman–Crippen MR) is 64.1 cm³/mol. The van der Waals surface area contributed by atoms with Crippen LogP contribution in [-0.4, -0.2) is 17.9 Å². The molecule has 0 bridgehead atoms. The van der Waals surface area contributed by atoms with Gasteiger partial charge in [0, 0.05) is 6.42 Å². The van der Waals surface area contributed by atoms with Gasteiger partial charge in [-0.3, -0.25) is 4.79 Å². The molecule has 0 rings (SSSR count). The largest absolute Gasteiger partial charge is 0.459 e. The first-order valence-corrected chi connectivity index (χ1v) is 5.97. The van der Waals surface area contributed by atoms with E-state index in [-0.39, 0.29) is 17.5 Å². The van der Waals surface area contributed by atoms with Crippen LogP contribution in [0.1, 0.15) is 53.4 Å². The zero-order chi connectivity index (χ0) is 12.6. The van der Waals surface area contributed by atoms with E-state index in [4.69, 9.17) is 4.74 Å². The second-order valence-corrected chi connectivity index (χ2v) is 3.99. The number of carbonyl (C=O) groups excluding carboxylic acids is 2. The van der Waals surface area contributed by atoms with Crippen LogP contribution < -0.4 is 0 Å². The Morgan fingerprint density at radius 2 is 1.88 bits per heavy atom. The molecule has 0 aromatic rings. The van der Waals surface area contributed by atoms with Crippen LogP contribution in [0.25, 0.3) is 0 Å². The Morgan fingerprint density at radius 1 is 1.25 bits per heavy atom. The van der Waals surface area contributed by atoms with Crippen LogP contribution in [0.4, 0.5) is 0 Å². The van der Waals surface area contributed by atoms with Crippen molar-refractivity contribution in [2.24, 2.45) is 0 Å². The molecule has 16 heavy (non-hydrogen) atoms. The van der Waals surface area contributed by atoms with Crippen LogP contribution in [0.5, 0.6) is 0 Å². The zero-order valence-electron chi connectivity index (χ0n) is 10.7. The molecule has 0 aromatic carbocycles. The Kier molecular flexibility index (Phi) is 7.52. The minimum Gasteiger partial charge on any atom is -0.459 e. The topological polar surface area (TPSA) is 43.4 Å². The van der Waals surface area contributed by atoms with Gasteiger partial charge >= 0.3 is 5.97 Å². The molecule has 0 aliphatic rings. The highest BCUT2D eigenvalue weighted by Gasteiger charge is 2.18. The smallest absolute Gasteiger partial charge is 0.341 e. The van der Waals surface area contributed by atoms with E-state index in [1.54, 1.807) is 26.8 Å². The van der Waals surface area contributed by atoms with Crippen molar-refractivity contribution in [2.45, 2.75) is 59.5 Å². The van der Waals surface area contributed by atoms with Crippen LogP contribution in [0, 0.1) is 0 Å². The second kappa shape index (κ2) is 8.08. The lowest BCUT2D eigenvalue weighted by Crippen LogP contribution is -2.19. The van der Waals surface area contributed by atoms with Crippen molar-refractivity contribution >= 4 is 11.8 Å². The molecule has 0 fully saturated rings. The summed E-state index contributed by atoms with van der Waals surface area (Å²) < 4.78 is 5.04. The van der Waals surface area contributed by atoms with Crippen LogP contribution in [0.2, 0.25) is 0 Å². The molecule has 0 aliphatic heterocycles. The average molecular weight is 226 g/mol. The summed E-state index contributed by atoms with van der Waals surface area (Å²) in [6, 6.07) is 0. The van der Waals surface area contributed by atoms with Crippen LogP contribution in [-0.2, 0) is 14.3 Å². The van der Waals surface area contributed by atoms with Gasteiger partial charge in [-0.25, -0.2) is 4.79 Å². The van der Waals surface area contributed by atoms with E-state index in [9.17, 15) is 9.59 Å². The van der Waals surface area contributed by atoms with Crippen LogP contribution in [0.15, 0.2) is 11.6 Å². The molecular weight excluding hydrogens is 204 g/mol. The third kappa shape index (κ3) is 5.69. The van der Waals surface area contributed by atoms with E-state index in [0.717, 1.165) is 19.3 Å². The van der Waals surface area contributed by atoms with E-state index < -0.39 is 5.97 Å². The Hall–Kier alpha value is -1.12. The van der Waals surface area contributed by atoms with E-state index >= 15 is 0 Å². The van der Waals surface area contributed by atoms with Crippen molar-refractivity contribution in [3.05, 3.63) is 11.6 Å². The van der Waals surface area contributed by atoms with Crippen LogP contribution in [0.3, 0.4) is 0 Å². The quantitative estimate of drug-likeness (QED) is 0.220. The SMILES string of the molecule is CCCCC=C(C(=O)CC)C(=O)OC(C)C. The van der Waals surface area contributed by atoms with Crippen molar-refractivity contribution in [1.82, 2.24) is 0 Å². The van der Waals surface area contributed by atoms with Gasteiger partial charge in [-0.15, -0.1) is 0 Å². The minimum absolute atomic E-state index is 0.137. The molecular formula is C13H22O3. The highest BCUT2D eigenvalue weighted by Crippen LogP contribution is 2.08. The predicted octanol–water partition coefficient (Wildman–Crippen LogP) is 3.03. The number of carbonyl (C=O) groups is 2. The molecule has 3 heteroatoms. The van der Waals surface area contributed by atoms with Gasteiger partial charge in [0.25, 0.3) is 0 Å². The summed E-state index contributed by atoms with van der Waals surface area (Å²) in [6.07, 6.45) is 4.64. The number of hydrogen-bond acceptors (Lipinski definition) is 3. The lowest BCUT2D eigenvalue weighted by Gasteiger charge is -2.09. The molecule has 0 N–H and O–H groups in total. The van der Waals surface area contributed by atoms with Crippen molar-refractivity contribution in [3.8, 4) is 0 Å². The highest BCUT2D eigenvalue weighted by molar-refractivity contribution is 6.17. The molecule has 92 valence electrons. The normalized spacial score (nSPS) is 11.7. The van der Waals surface area contributed by atoms with Gasteiger partial charge in [-0.05, 0) is 20.3 Å². The van der Waals surface area contributed by atoms with E-state index in [0.29, 0.717) is 6.42 Å². The number of ether oxygens (including phenoxy) is 1. The molecule has 0 unspecified atom stereocenters. The fraction of sp³-hybridized carbons (Fsp3) is 0.692. The van der Waals surface area contributed by atoms with Gasteiger partial charge in [-0.2, -0.15) is 0 Å². The summed E-state index contributed by atoms with van der Waals surface area (Å²) in [4.78, 5) is 23.2. The summed E-state index contributed by atoms with van der Waals surface area (Å²) in [7, 11) is 0. The number of allylic oxidation sites excluding steroid dienone is 1. The number of unbranched alkanes of at least 4 members (excludes halogenated alkanes) is 2. The average Bonchev–Trinajstić information content (AvgIpc) is 2.22. The maximum absolute atomic E-state index is 11.6. The number of Topliss-reactive ketones (excluding diaryl/α,β-unsaturated/α-hetero) is 1. The Balaban J connectivity index is 4.59. The van der Waals surface area contributed by atoms with Gasteiger partial charge < -0.3 is 4.74 Å². The molecule has 0 aromatic heterocycles. The number of hydrogen-bond donors (Lipinski definition) is 0. The summed E-state index contributed by atoms with van der Waals surface area (Å²) >= 11 is 0. The van der Waals surface area contributed by atoms with Crippen molar-refractivity contribution in [2.75, 3.05) is 0 Å². The maximum atomic E-state index is 11.6. The molecule has 0 amide bonds. The van der Waals surface area contributed by atoms with Gasteiger partial charge in [0.05, 0.1) is 11.7 Å². The number of ketones is 1. The number of rotatable bonds is 7. The molecule has 0 heterocycles.